The molecule has 3 aromatic carbocycles. The lowest BCUT2D eigenvalue weighted by Gasteiger charge is -2.14. The third-order valence-corrected chi connectivity index (χ3v) is 4.37. The lowest BCUT2D eigenvalue weighted by molar-refractivity contribution is -0.130. The van der Waals surface area contributed by atoms with E-state index >= 15 is 0 Å². The SMILES string of the molecule is CC(OC(=O)c1ccc2ccccc2c1)C(=O)NCC(=O)Nc1ccc(F)c(F)c1F. The number of rotatable bonds is 6. The van der Waals surface area contributed by atoms with Crippen LogP contribution in [0.25, 0.3) is 10.8 Å². The van der Waals surface area contributed by atoms with E-state index in [1.54, 1.807) is 18.2 Å². The number of anilines is 1. The van der Waals surface area contributed by atoms with Gasteiger partial charge in [0, 0.05) is 0 Å². The highest BCUT2D eigenvalue weighted by molar-refractivity contribution is 5.98. The van der Waals surface area contributed by atoms with Gasteiger partial charge in [-0.15, -0.1) is 0 Å². The van der Waals surface area contributed by atoms with E-state index < -0.39 is 53.6 Å². The summed E-state index contributed by atoms with van der Waals surface area (Å²) in [5.41, 5.74) is -0.321. The van der Waals surface area contributed by atoms with E-state index in [0.29, 0.717) is 6.07 Å². The van der Waals surface area contributed by atoms with Crippen LogP contribution < -0.4 is 10.6 Å². The molecule has 0 aliphatic heterocycles. The number of benzene rings is 3. The predicted molar refractivity (Wildman–Crippen MR) is 107 cm³/mol. The standard InChI is InChI=1S/C22H17F3N2O4/c1-12(31-22(30)15-7-6-13-4-2-3-5-14(13)10-15)21(29)26-11-18(28)27-17-9-8-16(23)19(24)20(17)25/h2-10,12H,11H2,1H3,(H,26,29)(H,27,28). The second kappa shape index (κ2) is 9.29. The summed E-state index contributed by atoms with van der Waals surface area (Å²) in [4.78, 5) is 36.2. The molecule has 0 saturated carbocycles. The van der Waals surface area contributed by atoms with Crippen LogP contribution >= 0.6 is 0 Å². The monoisotopic (exact) mass is 430 g/mol. The molecule has 0 aliphatic carbocycles. The molecule has 31 heavy (non-hydrogen) atoms. The van der Waals surface area contributed by atoms with Crippen LogP contribution in [-0.2, 0) is 14.3 Å². The molecule has 160 valence electrons. The lowest BCUT2D eigenvalue weighted by Crippen LogP contribution is -2.40. The first kappa shape index (κ1) is 21.8. The molecule has 0 radical (unpaired) electrons. The van der Waals surface area contributed by atoms with Gasteiger partial charge in [0.2, 0.25) is 5.91 Å². The number of nitrogens with one attached hydrogen (secondary N) is 2. The molecular formula is C22H17F3N2O4. The average molecular weight is 430 g/mol. The molecule has 0 heterocycles. The van der Waals surface area contributed by atoms with Crippen molar-refractivity contribution < 1.29 is 32.3 Å². The quantitative estimate of drug-likeness (QED) is 0.463. The fraction of sp³-hybridized carbons (Fsp3) is 0.136. The minimum atomic E-state index is -1.73. The van der Waals surface area contributed by atoms with E-state index in [1.165, 1.54) is 6.92 Å². The third-order valence-electron chi connectivity index (χ3n) is 4.37. The summed E-state index contributed by atoms with van der Waals surface area (Å²) < 4.78 is 44.8. The number of amides is 2. The molecule has 0 saturated heterocycles. The van der Waals surface area contributed by atoms with Crippen LogP contribution in [0.5, 0.6) is 0 Å². The summed E-state index contributed by atoms with van der Waals surface area (Å²) in [5, 5.41) is 6.00. The van der Waals surface area contributed by atoms with Crippen LogP contribution in [0.2, 0.25) is 0 Å². The van der Waals surface area contributed by atoms with Crippen LogP contribution in [0, 0.1) is 17.5 Å². The normalized spacial score (nSPS) is 11.6. The van der Waals surface area contributed by atoms with Crippen molar-refractivity contribution in [1.82, 2.24) is 5.32 Å². The summed E-state index contributed by atoms with van der Waals surface area (Å²) in [7, 11) is 0. The molecule has 0 aliphatic rings. The maximum atomic E-state index is 13.6. The minimum absolute atomic E-state index is 0.255. The van der Waals surface area contributed by atoms with Gasteiger partial charge in [-0.2, -0.15) is 0 Å². The van der Waals surface area contributed by atoms with Crippen molar-refractivity contribution in [2.24, 2.45) is 0 Å². The second-order valence-corrected chi connectivity index (χ2v) is 6.60. The van der Waals surface area contributed by atoms with Crippen LogP contribution in [-0.4, -0.2) is 30.4 Å². The fourth-order valence-electron chi connectivity index (χ4n) is 2.73. The van der Waals surface area contributed by atoms with Gasteiger partial charge < -0.3 is 15.4 Å². The van der Waals surface area contributed by atoms with Crippen LogP contribution in [0.4, 0.5) is 18.9 Å². The van der Waals surface area contributed by atoms with Crippen LogP contribution in [0.1, 0.15) is 17.3 Å². The van der Waals surface area contributed by atoms with Crippen molar-refractivity contribution in [3.63, 3.8) is 0 Å². The van der Waals surface area contributed by atoms with Crippen molar-refractivity contribution in [2.45, 2.75) is 13.0 Å². The van der Waals surface area contributed by atoms with E-state index in [2.05, 4.69) is 5.32 Å². The van der Waals surface area contributed by atoms with Crippen molar-refractivity contribution >= 4 is 34.2 Å². The number of ether oxygens (including phenoxy) is 1. The van der Waals surface area contributed by atoms with Gasteiger partial charge in [-0.1, -0.05) is 30.3 Å². The van der Waals surface area contributed by atoms with E-state index in [1.807, 2.05) is 29.6 Å². The first-order chi connectivity index (χ1) is 14.8. The highest BCUT2D eigenvalue weighted by atomic mass is 19.2. The maximum Gasteiger partial charge on any atom is 0.338 e. The zero-order valence-corrected chi connectivity index (χ0v) is 16.2. The minimum Gasteiger partial charge on any atom is -0.449 e. The van der Waals surface area contributed by atoms with Gasteiger partial charge >= 0.3 is 5.97 Å². The number of hydrogen-bond acceptors (Lipinski definition) is 4. The number of hydrogen-bond donors (Lipinski definition) is 2. The van der Waals surface area contributed by atoms with E-state index in [4.69, 9.17) is 4.74 Å². The Balaban J connectivity index is 1.53. The molecule has 2 amide bonds. The van der Waals surface area contributed by atoms with Crippen molar-refractivity contribution in [3.8, 4) is 0 Å². The van der Waals surface area contributed by atoms with E-state index in [0.717, 1.165) is 16.8 Å². The van der Waals surface area contributed by atoms with Gasteiger partial charge in [-0.05, 0) is 42.0 Å². The van der Waals surface area contributed by atoms with Crippen molar-refractivity contribution in [3.05, 3.63) is 77.6 Å². The summed E-state index contributed by atoms with van der Waals surface area (Å²) in [6.07, 6.45) is -1.22. The Morgan fingerprint density at radius 1 is 0.935 bits per heavy atom. The van der Waals surface area contributed by atoms with Gasteiger partial charge in [0.15, 0.2) is 23.6 Å². The number of carbonyl (C=O) groups excluding carboxylic acids is 3. The Bertz CT molecular complexity index is 1170. The first-order valence-corrected chi connectivity index (χ1v) is 9.17. The molecule has 0 spiro atoms. The Kier molecular flexibility index (Phi) is 6.54. The van der Waals surface area contributed by atoms with Crippen LogP contribution in [0.3, 0.4) is 0 Å². The Hall–Kier alpha value is -3.88. The predicted octanol–water partition coefficient (Wildman–Crippen LogP) is 3.56. The van der Waals surface area contributed by atoms with Gasteiger partial charge in [-0.25, -0.2) is 18.0 Å². The second-order valence-electron chi connectivity index (χ2n) is 6.60. The molecule has 3 rings (SSSR count). The molecule has 6 nitrogen and oxygen atoms in total. The average Bonchev–Trinajstić information content (AvgIpc) is 2.77. The zero-order chi connectivity index (χ0) is 22.5. The van der Waals surface area contributed by atoms with Crippen molar-refractivity contribution in [1.29, 1.82) is 0 Å². The molecule has 0 aromatic heterocycles. The smallest absolute Gasteiger partial charge is 0.338 e. The van der Waals surface area contributed by atoms with Crippen LogP contribution in [0.15, 0.2) is 54.6 Å². The number of halogens is 3. The highest BCUT2D eigenvalue weighted by Gasteiger charge is 2.20. The largest absolute Gasteiger partial charge is 0.449 e. The maximum absolute atomic E-state index is 13.6. The molecule has 3 aromatic rings. The van der Waals surface area contributed by atoms with Gasteiger partial charge in [0.25, 0.3) is 5.91 Å². The number of fused-ring (bicyclic) bond motifs is 1. The molecule has 1 unspecified atom stereocenters. The third kappa shape index (κ3) is 5.19. The summed E-state index contributed by atoms with van der Waals surface area (Å²) in [6, 6.07) is 13.9. The number of carbonyl (C=O) groups is 3. The Morgan fingerprint density at radius 3 is 2.39 bits per heavy atom. The zero-order valence-electron chi connectivity index (χ0n) is 16.2. The summed E-state index contributed by atoms with van der Waals surface area (Å²) in [5.74, 6) is -7.05. The Morgan fingerprint density at radius 2 is 1.65 bits per heavy atom. The van der Waals surface area contributed by atoms with Crippen molar-refractivity contribution in [2.75, 3.05) is 11.9 Å². The van der Waals surface area contributed by atoms with Gasteiger partial charge in [0.05, 0.1) is 17.8 Å². The first-order valence-electron chi connectivity index (χ1n) is 9.17. The highest BCUT2D eigenvalue weighted by Crippen LogP contribution is 2.19. The molecule has 9 heteroatoms. The molecule has 0 bridgehead atoms. The molecular weight excluding hydrogens is 413 g/mol. The summed E-state index contributed by atoms with van der Waals surface area (Å²) >= 11 is 0. The lowest BCUT2D eigenvalue weighted by atomic mass is 10.1. The fourth-order valence-corrected chi connectivity index (χ4v) is 2.73. The van der Waals surface area contributed by atoms with E-state index in [9.17, 15) is 27.6 Å². The van der Waals surface area contributed by atoms with E-state index in [-0.39, 0.29) is 5.56 Å². The molecule has 0 fully saturated rings. The molecule has 1 atom stereocenters. The van der Waals surface area contributed by atoms with Gasteiger partial charge in [-0.3, -0.25) is 9.59 Å². The summed E-state index contributed by atoms with van der Waals surface area (Å²) in [6.45, 7) is 0.719. The molecule has 2 N–H and O–H groups in total. The topological polar surface area (TPSA) is 84.5 Å². The van der Waals surface area contributed by atoms with Gasteiger partial charge in [0.1, 0.15) is 0 Å². The Labute approximate surface area is 175 Å². The number of esters is 1.